The van der Waals surface area contributed by atoms with Crippen LogP contribution in [0.2, 0.25) is 0 Å². The molecule has 1 aromatic rings. The highest BCUT2D eigenvalue weighted by atomic mass is 19.1. The summed E-state index contributed by atoms with van der Waals surface area (Å²) in [5.41, 5.74) is 0.987. The lowest BCUT2D eigenvalue weighted by molar-refractivity contribution is 0.549. The van der Waals surface area contributed by atoms with Crippen LogP contribution in [0.4, 0.5) is 10.1 Å². The second-order valence-corrected chi connectivity index (χ2v) is 4.44. The van der Waals surface area contributed by atoms with Crippen LogP contribution >= 0.6 is 0 Å². The average molecular weight is 222 g/mol. The first-order chi connectivity index (χ1) is 7.81. The minimum Gasteiger partial charge on any atom is -0.368 e. The lowest BCUT2D eigenvalue weighted by Gasteiger charge is -2.31. The Bertz CT molecular complexity index is 340. The van der Waals surface area contributed by atoms with Crippen molar-refractivity contribution in [2.45, 2.75) is 45.1 Å². The molecule has 0 aromatic carbocycles. The molecule has 0 aliphatic carbocycles. The topological polar surface area (TPSA) is 16.1 Å². The van der Waals surface area contributed by atoms with Gasteiger partial charge >= 0.3 is 0 Å². The highest BCUT2D eigenvalue weighted by Gasteiger charge is 2.19. The number of hydrogen-bond donors (Lipinski definition) is 0. The maximum atomic E-state index is 13.1. The van der Waals surface area contributed by atoms with Crippen LogP contribution in [0.1, 0.15) is 39.0 Å². The van der Waals surface area contributed by atoms with Crippen molar-refractivity contribution in [3.63, 3.8) is 0 Å². The molecule has 0 amide bonds. The van der Waals surface area contributed by atoms with Gasteiger partial charge in [0.2, 0.25) is 5.95 Å². The van der Waals surface area contributed by atoms with Gasteiger partial charge in [0.05, 0.1) is 0 Å². The van der Waals surface area contributed by atoms with Crippen LogP contribution in [0.3, 0.4) is 0 Å². The van der Waals surface area contributed by atoms with Crippen LogP contribution in [0.5, 0.6) is 0 Å². The number of rotatable bonds is 2. The first kappa shape index (κ1) is 11.4. The number of nitrogens with zero attached hydrogens (tertiary/aromatic N) is 2. The minimum absolute atomic E-state index is 0.378. The Morgan fingerprint density at radius 2 is 2.31 bits per heavy atom. The van der Waals surface area contributed by atoms with Gasteiger partial charge in [0.15, 0.2) is 0 Å². The van der Waals surface area contributed by atoms with Crippen molar-refractivity contribution in [2.24, 2.45) is 0 Å². The van der Waals surface area contributed by atoms with Crippen LogP contribution in [0, 0.1) is 5.95 Å². The zero-order chi connectivity index (χ0) is 11.4. The van der Waals surface area contributed by atoms with Gasteiger partial charge in [0.25, 0.3) is 0 Å². The summed E-state index contributed by atoms with van der Waals surface area (Å²) < 4.78 is 13.1. The van der Waals surface area contributed by atoms with E-state index in [1.807, 2.05) is 6.07 Å². The molecule has 3 heteroatoms. The number of pyridine rings is 1. The molecule has 0 saturated carbocycles. The van der Waals surface area contributed by atoms with E-state index in [1.165, 1.54) is 25.7 Å². The van der Waals surface area contributed by atoms with Gasteiger partial charge in [-0.2, -0.15) is 4.39 Å². The molecule has 0 N–H and O–H groups in total. The van der Waals surface area contributed by atoms with Gasteiger partial charge in [0.1, 0.15) is 0 Å². The molecule has 1 aromatic heterocycles. The molecular weight excluding hydrogens is 203 g/mol. The van der Waals surface area contributed by atoms with Gasteiger partial charge in [-0.25, -0.2) is 4.98 Å². The molecule has 0 spiro atoms. The van der Waals surface area contributed by atoms with Crippen molar-refractivity contribution in [2.75, 3.05) is 11.4 Å². The van der Waals surface area contributed by atoms with Gasteiger partial charge in [-0.05, 0) is 25.3 Å². The van der Waals surface area contributed by atoms with E-state index in [9.17, 15) is 4.39 Å². The van der Waals surface area contributed by atoms with Gasteiger partial charge < -0.3 is 4.90 Å². The molecule has 1 aliphatic heterocycles. The molecule has 2 rings (SSSR count). The lowest BCUT2D eigenvalue weighted by atomic mass is 10.1. The van der Waals surface area contributed by atoms with E-state index in [-0.39, 0.29) is 5.95 Å². The highest BCUT2D eigenvalue weighted by Crippen LogP contribution is 2.25. The maximum Gasteiger partial charge on any atom is 0.214 e. The minimum atomic E-state index is -0.378. The van der Waals surface area contributed by atoms with Crippen molar-refractivity contribution >= 4 is 5.69 Å². The highest BCUT2D eigenvalue weighted by molar-refractivity contribution is 5.46. The third-order valence-electron chi connectivity index (χ3n) is 3.39. The Balaban J connectivity index is 2.21. The van der Waals surface area contributed by atoms with E-state index in [1.54, 1.807) is 12.3 Å². The molecule has 2 heterocycles. The molecule has 16 heavy (non-hydrogen) atoms. The van der Waals surface area contributed by atoms with Crippen molar-refractivity contribution in [3.05, 3.63) is 24.3 Å². The molecule has 1 saturated heterocycles. The van der Waals surface area contributed by atoms with Gasteiger partial charge in [0, 0.05) is 30.5 Å². The van der Waals surface area contributed by atoms with Crippen LogP contribution in [0.25, 0.3) is 0 Å². The predicted molar refractivity (Wildman–Crippen MR) is 64.1 cm³/mol. The summed E-state index contributed by atoms with van der Waals surface area (Å²) in [7, 11) is 0. The van der Waals surface area contributed by atoms with E-state index in [0.717, 1.165) is 18.7 Å². The average Bonchev–Trinajstić information content (AvgIpc) is 2.53. The normalized spacial score (nSPS) is 21.9. The predicted octanol–water partition coefficient (Wildman–Crippen LogP) is 3.38. The Morgan fingerprint density at radius 3 is 3.06 bits per heavy atom. The molecule has 1 atom stereocenters. The summed E-state index contributed by atoms with van der Waals surface area (Å²) in [4.78, 5) is 5.96. The second kappa shape index (κ2) is 5.28. The molecule has 0 radical (unpaired) electrons. The van der Waals surface area contributed by atoms with Crippen LogP contribution < -0.4 is 4.90 Å². The first-order valence-corrected chi connectivity index (χ1v) is 6.19. The van der Waals surface area contributed by atoms with Crippen molar-refractivity contribution in [3.8, 4) is 0 Å². The molecule has 1 unspecified atom stereocenters. The number of anilines is 1. The zero-order valence-corrected chi connectivity index (χ0v) is 9.82. The summed E-state index contributed by atoms with van der Waals surface area (Å²) >= 11 is 0. The quantitative estimate of drug-likeness (QED) is 0.713. The zero-order valence-electron chi connectivity index (χ0n) is 9.82. The van der Waals surface area contributed by atoms with E-state index in [0.29, 0.717) is 6.04 Å². The van der Waals surface area contributed by atoms with Crippen LogP contribution in [-0.4, -0.2) is 17.6 Å². The molecule has 2 nitrogen and oxygen atoms in total. The van der Waals surface area contributed by atoms with Crippen molar-refractivity contribution in [1.82, 2.24) is 4.98 Å². The summed E-state index contributed by atoms with van der Waals surface area (Å²) in [6.45, 7) is 3.25. The van der Waals surface area contributed by atoms with Crippen molar-refractivity contribution < 1.29 is 4.39 Å². The standard InChI is InChI=1S/C13H19FN2/c1-2-11-6-4-3-5-9-16(11)12-7-8-15-13(14)10-12/h7-8,10-11H,2-6,9H2,1H3. The monoisotopic (exact) mass is 222 g/mol. The number of aromatic nitrogens is 1. The van der Waals surface area contributed by atoms with Crippen LogP contribution in [0.15, 0.2) is 18.3 Å². The summed E-state index contributed by atoms with van der Waals surface area (Å²) in [5.74, 6) is -0.378. The summed E-state index contributed by atoms with van der Waals surface area (Å²) in [5, 5.41) is 0. The van der Waals surface area contributed by atoms with E-state index in [4.69, 9.17) is 0 Å². The van der Waals surface area contributed by atoms with Crippen LogP contribution in [-0.2, 0) is 0 Å². The fourth-order valence-corrected chi connectivity index (χ4v) is 2.51. The van der Waals surface area contributed by atoms with Gasteiger partial charge in [-0.15, -0.1) is 0 Å². The number of halogens is 1. The SMILES string of the molecule is CCC1CCCCCN1c1ccnc(F)c1. The molecule has 1 aliphatic rings. The fourth-order valence-electron chi connectivity index (χ4n) is 2.51. The molecule has 1 fully saturated rings. The van der Waals surface area contributed by atoms with Crippen molar-refractivity contribution in [1.29, 1.82) is 0 Å². The van der Waals surface area contributed by atoms with Gasteiger partial charge in [-0.3, -0.25) is 0 Å². The molecule has 0 bridgehead atoms. The maximum absolute atomic E-state index is 13.1. The Hall–Kier alpha value is -1.12. The fraction of sp³-hybridized carbons (Fsp3) is 0.615. The number of hydrogen-bond acceptors (Lipinski definition) is 2. The third kappa shape index (κ3) is 2.52. The molecule has 88 valence electrons. The van der Waals surface area contributed by atoms with Gasteiger partial charge in [-0.1, -0.05) is 19.8 Å². The third-order valence-corrected chi connectivity index (χ3v) is 3.39. The summed E-state index contributed by atoms with van der Waals surface area (Å²) in [6.07, 6.45) is 7.70. The van der Waals surface area contributed by atoms with E-state index < -0.39 is 0 Å². The Kier molecular flexibility index (Phi) is 3.75. The lowest BCUT2D eigenvalue weighted by Crippen LogP contribution is -2.34. The largest absolute Gasteiger partial charge is 0.368 e. The summed E-state index contributed by atoms with van der Waals surface area (Å²) in [6, 6.07) is 4.02. The first-order valence-electron chi connectivity index (χ1n) is 6.19. The smallest absolute Gasteiger partial charge is 0.214 e. The Labute approximate surface area is 96.5 Å². The Morgan fingerprint density at radius 1 is 1.44 bits per heavy atom. The molecular formula is C13H19FN2. The van der Waals surface area contributed by atoms with E-state index >= 15 is 0 Å². The second-order valence-electron chi connectivity index (χ2n) is 4.44. The van der Waals surface area contributed by atoms with E-state index in [2.05, 4.69) is 16.8 Å².